The molecule has 0 aromatic heterocycles. The summed E-state index contributed by atoms with van der Waals surface area (Å²) in [5, 5.41) is 9.54. The smallest absolute Gasteiger partial charge is 0.0502 e. The highest BCUT2D eigenvalue weighted by Gasteiger charge is 2.44. The quantitative estimate of drug-likeness (QED) is 0.733. The molecule has 0 bridgehead atoms. The van der Waals surface area contributed by atoms with Crippen molar-refractivity contribution in [2.45, 2.75) is 45.6 Å². The fraction of sp³-hybridized carbons (Fsp3) is 1.00. The van der Waals surface area contributed by atoms with Crippen LogP contribution in [0.15, 0.2) is 0 Å². The van der Waals surface area contributed by atoms with Crippen LogP contribution in [0, 0.1) is 11.3 Å². The predicted octanol–water partition coefficient (Wildman–Crippen LogP) is 2.13. The van der Waals surface area contributed by atoms with Crippen LogP contribution in [0.3, 0.4) is 0 Å². The monoisotopic (exact) mass is 199 g/mol. The van der Waals surface area contributed by atoms with Crippen molar-refractivity contribution in [2.24, 2.45) is 11.3 Å². The van der Waals surface area contributed by atoms with Crippen LogP contribution in [0.1, 0.15) is 39.5 Å². The Labute approximate surface area is 88.3 Å². The molecule has 0 radical (unpaired) electrons. The first-order valence-electron chi connectivity index (χ1n) is 5.79. The number of hydrogen-bond acceptors (Lipinski definition) is 2. The Balaban J connectivity index is 2.65. The first-order valence-corrected chi connectivity index (χ1v) is 5.79. The van der Waals surface area contributed by atoms with Crippen LogP contribution < -0.4 is 0 Å². The van der Waals surface area contributed by atoms with Crippen molar-refractivity contribution in [3.05, 3.63) is 0 Å². The molecule has 1 aliphatic carbocycles. The van der Waals surface area contributed by atoms with Gasteiger partial charge in [0.25, 0.3) is 0 Å². The maximum absolute atomic E-state index is 9.54. The molecule has 1 saturated carbocycles. The van der Waals surface area contributed by atoms with Gasteiger partial charge in [0, 0.05) is 11.5 Å². The normalized spacial score (nSPS) is 22.5. The van der Waals surface area contributed by atoms with Crippen molar-refractivity contribution < 1.29 is 5.11 Å². The van der Waals surface area contributed by atoms with E-state index in [1.165, 1.54) is 25.7 Å². The molecule has 84 valence electrons. The summed E-state index contributed by atoms with van der Waals surface area (Å²) in [6.45, 7) is 4.89. The van der Waals surface area contributed by atoms with Crippen molar-refractivity contribution in [3.63, 3.8) is 0 Å². The van der Waals surface area contributed by atoms with E-state index in [1.54, 1.807) is 0 Å². The van der Waals surface area contributed by atoms with E-state index >= 15 is 0 Å². The van der Waals surface area contributed by atoms with Crippen LogP contribution in [0.25, 0.3) is 0 Å². The van der Waals surface area contributed by atoms with Crippen LogP contribution in [0.5, 0.6) is 0 Å². The van der Waals surface area contributed by atoms with Gasteiger partial charge in [-0.1, -0.05) is 20.3 Å². The molecule has 2 nitrogen and oxygen atoms in total. The van der Waals surface area contributed by atoms with E-state index in [-0.39, 0.29) is 5.41 Å². The van der Waals surface area contributed by atoms with E-state index in [4.69, 9.17) is 0 Å². The highest BCUT2D eigenvalue weighted by Crippen LogP contribution is 2.46. The van der Waals surface area contributed by atoms with Gasteiger partial charge >= 0.3 is 0 Å². The maximum atomic E-state index is 9.54. The van der Waals surface area contributed by atoms with E-state index in [0.717, 1.165) is 0 Å². The number of rotatable bonds is 5. The Morgan fingerprint density at radius 1 is 1.29 bits per heavy atom. The third-order valence-electron chi connectivity index (χ3n) is 3.69. The first-order chi connectivity index (χ1) is 6.52. The fourth-order valence-corrected chi connectivity index (χ4v) is 2.68. The lowest BCUT2D eigenvalue weighted by Crippen LogP contribution is -2.51. The van der Waals surface area contributed by atoms with Crippen LogP contribution in [-0.4, -0.2) is 36.8 Å². The fourth-order valence-electron chi connectivity index (χ4n) is 2.68. The van der Waals surface area contributed by atoms with Crippen molar-refractivity contribution in [1.82, 2.24) is 4.90 Å². The number of hydrogen-bond donors (Lipinski definition) is 1. The number of aliphatic hydroxyl groups is 1. The first kappa shape index (κ1) is 12.0. The largest absolute Gasteiger partial charge is 0.396 e. The lowest BCUT2D eigenvalue weighted by atomic mass is 9.62. The molecule has 0 amide bonds. The van der Waals surface area contributed by atoms with Crippen molar-refractivity contribution in [1.29, 1.82) is 0 Å². The van der Waals surface area contributed by atoms with Crippen LogP contribution in [0.4, 0.5) is 0 Å². The predicted molar refractivity (Wildman–Crippen MR) is 60.3 cm³/mol. The van der Waals surface area contributed by atoms with Crippen LogP contribution in [0.2, 0.25) is 0 Å². The molecule has 1 aliphatic rings. The third-order valence-corrected chi connectivity index (χ3v) is 3.69. The summed E-state index contributed by atoms with van der Waals surface area (Å²) in [4.78, 5) is 2.30. The summed E-state index contributed by atoms with van der Waals surface area (Å²) in [6.07, 6.45) is 4.91. The van der Waals surface area contributed by atoms with Crippen molar-refractivity contribution in [2.75, 3.05) is 20.7 Å². The van der Waals surface area contributed by atoms with E-state index in [1.807, 2.05) is 0 Å². The highest BCUT2D eigenvalue weighted by molar-refractivity contribution is 4.97. The Morgan fingerprint density at radius 3 is 2.07 bits per heavy atom. The Kier molecular flexibility index (Phi) is 3.96. The lowest BCUT2D eigenvalue weighted by Gasteiger charge is -2.50. The zero-order valence-corrected chi connectivity index (χ0v) is 10.1. The molecule has 0 spiro atoms. The molecule has 1 unspecified atom stereocenters. The zero-order chi connectivity index (χ0) is 10.8. The van der Waals surface area contributed by atoms with Gasteiger partial charge < -0.3 is 10.0 Å². The lowest BCUT2D eigenvalue weighted by molar-refractivity contribution is -0.0367. The summed E-state index contributed by atoms with van der Waals surface area (Å²) < 4.78 is 0. The van der Waals surface area contributed by atoms with E-state index in [0.29, 0.717) is 18.6 Å². The Bertz CT molecular complexity index is 168. The van der Waals surface area contributed by atoms with Gasteiger partial charge in [-0.25, -0.2) is 0 Å². The average Bonchev–Trinajstić information content (AvgIpc) is 2.00. The molecule has 1 atom stereocenters. The standard InChI is InChI=1S/C12H25NO/c1-10(2)8-11(13(3)4)12(9-14)6-5-7-12/h10-11,14H,5-9H2,1-4H3. The number of aliphatic hydroxyl groups excluding tert-OH is 1. The maximum Gasteiger partial charge on any atom is 0.0502 e. The topological polar surface area (TPSA) is 23.5 Å². The molecule has 0 aliphatic heterocycles. The van der Waals surface area contributed by atoms with E-state index < -0.39 is 0 Å². The van der Waals surface area contributed by atoms with Gasteiger partial charge in [0.1, 0.15) is 0 Å². The molecule has 0 heterocycles. The van der Waals surface area contributed by atoms with Gasteiger partial charge in [0.05, 0.1) is 6.61 Å². The molecular weight excluding hydrogens is 174 g/mol. The summed E-state index contributed by atoms with van der Waals surface area (Å²) in [6, 6.07) is 0.557. The van der Waals surface area contributed by atoms with Crippen molar-refractivity contribution in [3.8, 4) is 0 Å². The van der Waals surface area contributed by atoms with Gasteiger partial charge in [0.15, 0.2) is 0 Å². The number of nitrogens with zero attached hydrogens (tertiary/aromatic N) is 1. The molecule has 0 saturated heterocycles. The molecule has 1 fully saturated rings. The minimum absolute atomic E-state index is 0.216. The third kappa shape index (κ3) is 2.29. The van der Waals surface area contributed by atoms with Gasteiger partial charge in [-0.05, 0) is 39.3 Å². The Hall–Kier alpha value is -0.0800. The zero-order valence-electron chi connectivity index (χ0n) is 10.1. The molecule has 1 N–H and O–H groups in total. The SMILES string of the molecule is CC(C)CC(N(C)C)C1(CO)CCC1. The molecule has 1 rings (SSSR count). The highest BCUT2D eigenvalue weighted by atomic mass is 16.3. The minimum atomic E-state index is 0.216. The van der Waals surface area contributed by atoms with Gasteiger partial charge in [-0.3, -0.25) is 0 Å². The second kappa shape index (κ2) is 4.63. The van der Waals surface area contributed by atoms with Gasteiger partial charge in [0.2, 0.25) is 0 Å². The summed E-state index contributed by atoms with van der Waals surface area (Å²) >= 11 is 0. The molecule has 0 aromatic carbocycles. The summed E-state index contributed by atoms with van der Waals surface area (Å²) in [5.41, 5.74) is 0.216. The molecule has 14 heavy (non-hydrogen) atoms. The minimum Gasteiger partial charge on any atom is -0.396 e. The van der Waals surface area contributed by atoms with Gasteiger partial charge in [-0.2, -0.15) is 0 Å². The molecular formula is C12H25NO. The van der Waals surface area contributed by atoms with E-state index in [9.17, 15) is 5.11 Å². The summed E-state index contributed by atoms with van der Waals surface area (Å²) in [7, 11) is 4.28. The van der Waals surface area contributed by atoms with Crippen LogP contribution in [-0.2, 0) is 0 Å². The van der Waals surface area contributed by atoms with Gasteiger partial charge in [-0.15, -0.1) is 0 Å². The van der Waals surface area contributed by atoms with Crippen molar-refractivity contribution >= 4 is 0 Å². The second-order valence-corrected chi connectivity index (χ2v) is 5.48. The van der Waals surface area contributed by atoms with E-state index in [2.05, 4.69) is 32.8 Å². The second-order valence-electron chi connectivity index (χ2n) is 5.48. The van der Waals surface area contributed by atoms with Crippen LogP contribution >= 0.6 is 0 Å². The molecule has 0 aromatic rings. The summed E-state index contributed by atoms with van der Waals surface area (Å²) in [5.74, 6) is 0.714. The molecule has 2 heteroatoms. The Morgan fingerprint density at radius 2 is 1.86 bits per heavy atom. The average molecular weight is 199 g/mol.